The van der Waals surface area contributed by atoms with Crippen LogP contribution in [0.4, 0.5) is 0 Å². The predicted molar refractivity (Wildman–Crippen MR) is 50.8 cm³/mol. The van der Waals surface area contributed by atoms with Gasteiger partial charge in [-0.3, -0.25) is 4.99 Å². The first kappa shape index (κ1) is 9.27. The highest BCUT2D eigenvalue weighted by molar-refractivity contribution is 5.83. The van der Waals surface area contributed by atoms with Crippen LogP contribution in [-0.4, -0.2) is 17.4 Å². The molecule has 0 aliphatic rings. The molecule has 3 heteroatoms. The first-order valence-corrected chi connectivity index (χ1v) is 3.95. The average Bonchev–Trinajstić information content (AvgIpc) is 2.16. The number of hydrogen-bond donors (Lipinski definition) is 1. The molecular formula is C10H10N2O. The lowest BCUT2D eigenvalue weighted by Gasteiger charge is -1.97. The number of phenols is 1. The Morgan fingerprint density at radius 1 is 1.54 bits per heavy atom. The summed E-state index contributed by atoms with van der Waals surface area (Å²) in [6.45, 7) is 1.69. The molecule has 0 spiro atoms. The van der Waals surface area contributed by atoms with Crippen LogP contribution in [0.5, 0.6) is 5.75 Å². The molecule has 1 aromatic rings. The number of phenolic OH excluding ortho intramolecular Hbond substituents is 1. The zero-order chi connectivity index (χ0) is 9.68. The summed E-state index contributed by atoms with van der Waals surface area (Å²) in [5.41, 5.74) is 0.629. The summed E-state index contributed by atoms with van der Waals surface area (Å²) < 4.78 is 0. The van der Waals surface area contributed by atoms with Gasteiger partial charge in [0.1, 0.15) is 11.8 Å². The second-order valence-electron chi connectivity index (χ2n) is 2.64. The van der Waals surface area contributed by atoms with Crippen LogP contribution in [0, 0.1) is 11.3 Å². The summed E-state index contributed by atoms with van der Waals surface area (Å²) in [4.78, 5) is 3.93. The van der Waals surface area contributed by atoms with Crippen molar-refractivity contribution >= 4 is 6.21 Å². The normalized spacial score (nSPS) is 12.6. The largest absolute Gasteiger partial charge is 0.507 e. The Kier molecular flexibility index (Phi) is 3.04. The highest BCUT2D eigenvalue weighted by Gasteiger charge is 1.96. The molecule has 0 aliphatic heterocycles. The van der Waals surface area contributed by atoms with Gasteiger partial charge in [-0.05, 0) is 19.1 Å². The third kappa shape index (κ3) is 2.60. The van der Waals surface area contributed by atoms with Crippen LogP contribution in [0.15, 0.2) is 29.3 Å². The van der Waals surface area contributed by atoms with Crippen LogP contribution < -0.4 is 0 Å². The number of aromatic hydroxyl groups is 1. The molecule has 1 rings (SSSR count). The number of hydrogen-bond acceptors (Lipinski definition) is 3. The maximum atomic E-state index is 9.32. The highest BCUT2D eigenvalue weighted by Crippen LogP contribution is 2.12. The fraction of sp³-hybridized carbons (Fsp3) is 0.200. The Morgan fingerprint density at radius 3 is 2.85 bits per heavy atom. The fourth-order valence-electron chi connectivity index (χ4n) is 0.822. The van der Waals surface area contributed by atoms with Crippen LogP contribution in [0.1, 0.15) is 12.5 Å². The van der Waals surface area contributed by atoms with E-state index in [0.717, 1.165) is 0 Å². The molecule has 13 heavy (non-hydrogen) atoms. The molecule has 0 aliphatic carbocycles. The van der Waals surface area contributed by atoms with E-state index in [-0.39, 0.29) is 11.8 Å². The minimum atomic E-state index is -0.375. The van der Waals surface area contributed by atoms with E-state index in [0.29, 0.717) is 5.56 Å². The molecule has 0 amide bonds. The summed E-state index contributed by atoms with van der Waals surface area (Å²) in [7, 11) is 0. The SMILES string of the molecule is CC(C#N)N=Cc1ccccc1O. The van der Waals surface area contributed by atoms with Gasteiger partial charge in [0.2, 0.25) is 0 Å². The van der Waals surface area contributed by atoms with Gasteiger partial charge >= 0.3 is 0 Å². The van der Waals surface area contributed by atoms with Gasteiger partial charge in [-0.2, -0.15) is 5.26 Å². The van der Waals surface area contributed by atoms with Gasteiger partial charge in [0, 0.05) is 11.8 Å². The molecule has 0 heterocycles. The molecule has 1 aromatic carbocycles. The fourth-order valence-corrected chi connectivity index (χ4v) is 0.822. The molecular weight excluding hydrogens is 164 g/mol. The lowest BCUT2D eigenvalue weighted by atomic mass is 10.2. The summed E-state index contributed by atoms with van der Waals surface area (Å²) in [5.74, 6) is 0.177. The molecule has 66 valence electrons. The predicted octanol–water partition coefficient (Wildman–Crippen LogP) is 1.72. The van der Waals surface area contributed by atoms with E-state index in [1.54, 1.807) is 31.2 Å². The van der Waals surface area contributed by atoms with Crippen LogP contribution in [0.3, 0.4) is 0 Å². The smallest absolute Gasteiger partial charge is 0.133 e. The van der Waals surface area contributed by atoms with Crippen molar-refractivity contribution in [3.63, 3.8) is 0 Å². The molecule has 0 saturated carbocycles. The minimum Gasteiger partial charge on any atom is -0.507 e. The maximum absolute atomic E-state index is 9.32. The highest BCUT2D eigenvalue weighted by atomic mass is 16.3. The Balaban J connectivity index is 2.81. The van der Waals surface area contributed by atoms with Gasteiger partial charge in [-0.15, -0.1) is 0 Å². The van der Waals surface area contributed by atoms with Gasteiger partial charge in [0.05, 0.1) is 6.07 Å². The molecule has 0 radical (unpaired) electrons. The van der Waals surface area contributed by atoms with Crippen LogP contribution in [-0.2, 0) is 0 Å². The van der Waals surface area contributed by atoms with Crippen molar-refractivity contribution in [2.75, 3.05) is 0 Å². The number of nitrogens with zero attached hydrogens (tertiary/aromatic N) is 2. The standard InChI is InChI=1S/C10H10N2O/c1-8(6-11)12-7-9-4-2-3-5-10(9)13/h2-5,7-8,13H,1H3. The Morgan fingerprint density at radius 2 is 2.23 bits per heavy atom. The van der Waals surface area contributed by atoms with E-state index < -0.39 is 0 Å². The zero-order valence-corrected chi connectivity index (χ0v) is 7.31. The van der Waals surface area contributed by atoms with E-state index in [9.17, 15) is 5.11 Å². The molecule has 0 aromatic heterocycles. The van der Waals surface area contributed by atoms with Gasteiger partial charge in [0.15, 0.2) is 0 Å². The number of nitriles is 1. The summed E-state index contributed by atoms with van der Waals surface area (Å²) in [5, 5.41) is 17.8. The van der Waals surface area contributed by atoms with Crippen molar-refractivity contribution in [2.24, 2.45) is 4.99 Å². The van der Waals surface area contributed by atoms with E-state index in [4.69, 9.17) is 5.26 Å². The van der Waals surface area contributed by atoms with Crippen molar-refractivity contribution in [2.45, 2.75) is 13.0 Å². The van der Waals surface area contributed by atoms with E-state index in [2.05, 4.69) is 4.99 Å². The molecule has 3 nitrogen and oxygen atoms in total. The zero-order valence-electron chi connectivity index (χ0n) is 7.31. The summed E-state index contributed by atoms with van der Waals surface area (Å²) in [6, 6.07) is 8.46. The first-order chi connectivity index (χ1) is 6.24. The topological polar surface area (TPSA) is 56.4 Å². The third-order valence-corrected chi connectivity index (χ3v) is 1.56. The van der Waals surface area contributed by atoms with Gasteiger partial charge in [-0.1, -0.05) is 12.1 Å². The Labute approximate surface area is 77.0 Å². The van der Waals surface area contributed by atoms with Crippen molar-refractivity contribution in [3.05, 3.63) is 29.8 Å². The lowest BCUT2D eigenvalue weighted by molar-refractivity contribution is 0.474. The molecule has 1 atom stereocenters. The first-order valence-electron chi connectivity index (χ1n) is 3.95. The molecule has 0 bridgehead atoms. The summed E-state index contributed by atoms with van der Waals surface area (Å²) >= 11 is 0. The van der Waals surface area contributed by atoms with E-state index in [1.807, 2.05) is 6.07 Å². The van der Waals surface area contributed by atoms with Crippen molar-refractivity contribution in [3.8, 4) is 11.8 Å². The number of aliphatic imine (C=N–C) groups is 1. The second kappa shape index (κ2) is 4.27. The maximum Gasteiger partial charge on any atom is 0.133 e. The second-order valence-corrected chi connectivity index (χ2v) is 2.64. The van der Waals surface area contributed by atoms with Crippen molar-refractivity contribution in [1.82, 2.24) is 0 Å². The minimum absolute atomic E-state index is 0.177. The van der Waals surface area contributed by atoms with Crippen LogP contribution in [0.2, 0.25) is 0 Å². The van der Waals surface area contributed by atoms with Gasteiger partial charge in [0.25, 0.3) is 0 Å². The van der Waals surface area contributed by atoms with Crippen LogP contribution >= 0.6 is 0 Å². The quantitative estimate of drug-likeness (QED) is 0.694. The number of benzene rings is 1. The Bertz CT molecular complexity index is 352. The Hall–Kier alpha value is -1.82. The molecule has 0 fully saturated rings. The molecule has 0 saturated heterocycles. The number of rotatable bonds is 2. The van der Waals surface area contributed by atoms with Crippen molar-refractivity contribution < 1.29 is 5.11 Å². The number of para-hydroxylation sites is 1. The monoisotopic (exact) mass is 174 g/mol. The van der Waals surface area contributed by atoms with Crippen molar-refractivity contribution in [1.29, 1.82) is 5.26 Å². The van der Waals surface area contributed by atoms with Gasteiger partial charge in [-0.25, -0.2) is 0 Å². The third-order valence-electron chi connectivity index (χ3n) is 1.56. The molecule has 1 unspecified atom stereocenters. The van der Waals surface area contributed by atoms with Crippen LogP contribution in [0.25, 0.3) is 0 Å². The lowest BCUT2D eigenvalue weighted by Crippen LogP contribution is -1.93. The average molecular weight is 174 g/mol. The summed E-state index contributed by atoms with van der Waals surface area (Å²) in [6.07, 6.45) is 1.50. The van der Waals surface area contributed by atoms with E-state index >= 15 is 0 Å². The van der Waals surface area contributed by atoms with Gasteiger partial charge < -0.3 is 5.11 Å². The van der Waals surface area contributed by atoms with E-state index in [1.165, 1.54) is 6.21 Å². The molecule has 1 N–H and O–H groups in total.